The second kappa shape index (κ2) is 11.6. The number of rotatable bonds is 9. The molecule has 1 heterocycles. The maximum absolute atomic E-state index is 4.09. The first-order valence-electron chi connectivity index (χ1n) is 10.9. The van der Waals surface area contributed by atoms with E-state index in [1.165, 1.54) is 32.8 Å². The molecule has 168 valence electrons. The van der Waals surface area contributed by atoms with Crippen LogP contribution in [0.3, 0.4) is 0 Å². The van der Waals surface area contributed by atoms with Crippen LogP contribution in [0, 0.1) is 6.92 Å². The molecule has 0 aliphatic rings. The SMILES string of the molecule is C=NC(=NC)Nc1sc(C)cc1CNCCCc1ccc(-c2ccc(N(C)C)cc2)cc1. The number of anilines is 2. The van der Waals surface area contributed by atoms with E-state index in [4.69, 9.17) is 0 Å². The van der Waals surface area contributed by atoms with Crippen LogP contribution >= 0.6 is 11.3 Å². The van der Waals surface area contributed by atoms with E-state index in [2.05, 4.69) is 108 Å². The summed E-state index contributed by atoms with van der Waals surface area (Å²) in [5.41, 5.74) is 6.34. The zero-order chi connectivity index (χ0) is 22.9. The number of thiophene rings is 1. The molecule has 0 unspecified atom stereocenters. The number of nitrogens with one attached hydrogen (secondary N) is 2. The van der Waals surface area contributed by atoms with Crippen LogP contribution in [0.1, 0.15) is 22.4 Å². The second-order valence-corrected chi connectivity index (χ2v) is 9.22. The normalized spacial score (nSPS) is 11.4. The number of hydrogen-bond donors (Lipinski definition) is 2. The molecule has 2 aromatic carbocycles. The van der Waals surface area contributed by atoms with Crippen LogP contribution in [0.15, 0.2) is 64.6 Å². The first-order valence-corrected chi connectivity index (χ1v) is 11.7. The van der Waals surface area contributed by atoms with Crippen molar-refractivity contribution in [3.05, 3.63) is 70.6 Å². The fourth-order valence-electron chi connectivity index (χ4n) is 3.53. The lowest BCUT2D eigenvalue weighted by atomic mass is 10.0. The van der Waals surface area contributed by atoms with Crippen molar-refractivity contribution in [2.75, 3.05) is 37.9 Å². The van der Waals surface area contributed by atoms with E-state index < -0.39 is 0 Å². The third-order valence-corrected chi connectivity index (χ3v) is 6.33. The molecule has 3 aromatic rings. The van der Waals surface area contributed by atoms with Gasteiger partial charge >= 0.3 is 0 Å². The quantitative estimate of drug-likeness (QED) is 0.255. The summed E-state index contributed by atoms with van der Waals surface area (Å²) in [4.78, 5) is 11.4. The lowest BCUT2D eigenvalue weighted by molar-refractivity contribution is 0.651. The average molecular weight is 448 g/mol. The van der Waals surface area contributed by atoms with Crippen molar-refractivity contribution in [2.24, 2.45) is 9.98 Å². The van der Waals surface area contributed by atoms with Gasteiger partial charge < -0.3 is 15.5 Å². The molecule has 0 bridgehead atoms. The Kier molecular flexibility index (Phi) is 8.59. The summed E-state index contributed by atoms with van der Waals surface area (Å²) in [6.07, 6.45) is 2.16. The molecule has 32 heavy (non-hydrogen) atoms. The van der Waals surface area contributed by atoms with Crippen molar-refractivity contribution in [1.82, 2.24) is 5.32 Å². The fourth-order valence-corrected chi connectivity index (χ4v) is 4.46. The molecule has 6 heteroatoms. The van der Waals surface area contributed by atoms with Crippen LogP contribution < -0.4 is 15.5 Å². The van der Waals surface area contributed by atoms with Gasteiger partial charge in [0.1, 0.15) is 0 Å². The molecule has 0 aliphatic heterocycles. The monoisotopic (exact) mass is 447 g/mol. The molecule has 0 spiro atoms. The maximum Gasteiger partial charge on any atom is 0.222 e. The van der Waals surface area contributed by atoms with Gasteiger partial charge in [-0.2, -0.15) is 0 Å². The third kappa shape index (κ3) is 6.52. The van der Waals surface area contributed by atoms with Crippen molar-refractivity contribution in [3.8, 4) is 11.1 Å². The minimum absolute atomic E-state index is 0.546. The lowest BCUT2D eigenvalue weighted by Crippen LogP contribution is -2.16. The first-order chi connectivity index (χ1) is 15.5. The van der Waals surface area contributed by atoms with Crippen molar-refractivity contribution < 1.29 is 0 Å². The summed E-state index contributed by atoms with van der Waals surface area (Å²) in [5.74, 6) is 0.546. The molecule has 0 saturated heterocycles. The number of hydrogen-bond acceptors (Lipinski definition) is 4. The smallest absolute Gasteiger partial charge is 0.222 e. The van der Waals surface area contributed by atoms with Gasteiger partial charge in [-0.15, -0.1) is 11.3 Å². The predicted molar refractivity (Wildman–Crippen MR) is 142 cm³/mol. The Bertz CT molecular complexity index is 1030. The minimum Gasteiger partial charge on any atom is -0.378 e. The molecule has 3 rings (SSSR count). The topological polar surface area (TPSA) is 52.0 Å². The summed E-state index contributed by atoms with van der Waals surface area (Å²) in [5, 5.41) is 7.90. The summed E-state index contributed by atoms with van der Waals surface area (Å²) in [6, 6.07) is 19.8. The van der Waals surface area contributed by atoms with E-state index in [0.717, 1.165) is 30.9 Å². The Labute approximate surface area is 195 Å². The van der Waals surface area contributed by atoms with Gasteiger partial charge in [-0.1, -0.05) is 36.4 Å². The van der Waals surface area contributed by atoms with Gasteiger partial charge in [0.15, 0.2) is 0 Å². The van der Waals surface area contributed by atoms with E-state index in [0.29, 0.717) is 5.96 Å². The van der Waals surface area contributed by atoms with Gasteiger partial charge in [0.25, 0.3) is 0 Å². The van der Waals surface area contributed by atoms with Crippen LogP contribution in [0.25, 0.3) is 11.1 Å². The molecule has 5 nitrogen and oxygen atoms in total. The molecule has 0 fully saturated rings. The molecule has 0 saturated carbocycles. The predicted octanol–water partition coefficient (Wildman–Crippen LogP) is 5.61. The van der Waals surface area contributed by atoms with E-state index in [-0.39, 0.29) is 0 Å². The molecule has 2 N–H and O–H groups in total. The number of benzene rings is 2. The number of aliphatic imine (C=N–C) groups is 2. The number of guanidine groups is 1. The van der Waals surface area contributed by atoms with Crippen molar-refractivity contribution in [2.45, 2.75) is 26.3 Å². The molecular formula is C26H33N5S. The largest absolute Gasteiger partial charge is 0.378 e. The van der Waals surface area contributed by atoms with E-state index in [1.807, 2.05) is 0 Å². The van der Waals surface area contributed by atoms with Crippen molar-refractivity contribution in [3.63, 3.8) is 0 Å². The van der Waals surface area contributed by atoms with Gasteiger partial charge in [0.2, 0.25) is 5.96 Å². The standard InChI is InChI=1S/C26H33N5S/c1-19-17-23(25(32-19)30-26(27-2)28-3)18-29-16-6-7-20-8-10-21(11-9-20)22-12-14-24(15-13-22)31(4)5/h8-15,17,29H,2,6-7,16,18H2,1,3-5H3,(H,28,30). The summed E-state index contributed by atoms with van der Waals surface area (Å²) in [7, 11) is 5.84. The molecule has 1 aromatic heterocycles. The molecule has 0 atom stereocenters. The molecule has 0 radical (unpaired) electrons. The minimum atomic E-state index is 0.546. The number of aryl methyl sites for hydroxylation is 2. The Balaban J connectivity index is 1.46. The fraction of sp³-hybridized carbons (Fsp3) is 0.308. The first kappa shape index (κ1) is 23.7. The maximum atomic E-state index is 4.09. The van der Waals surface area contributed by atoms with Gasteiger partial charge in [0, 0.05) is 43.8 Å². The van der Waals surface area contributed by atoms with Crippen LogP contribution in [-0.4, -0.2) is 40.4 Å². The van der Waals surface area contributed by atoms with E-state index in [9.17, 15) is 0 Å². The van der Waals surface area contributed by atoms with Gasteiger partial charge in [-0.25, -0.2) is 4.99 Å². The van der Waals surface area contributed by atoms with E-state index in [1.54, 1.807) is 18.4 Å². The Morgan fingerprint density at radius 3 is 2.28 bits per heavy atom. The van der Waals surface area contributed by atoms with Gasteiger partial charge in [-0.05, 0) is 67.9 Å². The highest BCUT2D eigenvalue weighted by molar-refractivity contribution is 7.16. The summed E-state index contributed by atoms with van der Waals surface area (Å²) in [6.45, 7) is 7.46. The lowest BCUT2D eigenvalue weighted by Gasteiger charge is -2.13. The Morgan fingerprint density at radius 2 is 1.69 bits per heavy atom. The van der Waals surface area contributed by atoms with Crippen LogP contribution in [-0.2, 0) is 13.0 Å². The molecule has 0 aliphatic carbocycles. The Hall–Kier alpha value is -2.96. The molecule has 0 amide bonds. The van der Waals surface area contributed by atoms with Gasteiger partial charge in [0.05, 0.1) is 5.00 Å². The van der Waals surface area contributed by atoms with Gasteiger partial charge in [-0.3, -0.25) is 4.99 Å². The summed E-state index contributed by atoms with van der Waals surface area (Å²) >= 11 is 1.71. The summed E-state index contributed by atoms with van der Waals surface area (Å²) < 4.78 is 0. The highest BCUT2D eigenvalue weighted by atomic mass is 32.1. The molecular weight excluding hydrogens is 414 g/mol. The van der Waals surface area contributed by atoms with Crippen LogP contribution in [0.2, 0.25) is 0 Å². The Morgan fingerprint density at radius 1 is 1.03 bits per heavy atom. The van der Waals surface area contributed by atoms with Crippen LogP contribution in [0.5, 0.6) is 0 Å². The van der Waals surface area contributed by atoms with Crippen molar-refractivity contribution >= 4 is 34.7 Å². The third-order valence-electron chi connectivity index (χ3n) is 5.32. The average Bonchev–Trinajstić information content (AvgIpc) is 3.16. The highest BCUT2D eigenvalue weighted by Crippen LogP contribution is 2.28. The van der Waals surface area contributed by atoms with E-state index >= 15 is 0 Å². The second-order valence-electron chi connectivity index (χ2n) is 7.96. The number of nitrogens with zero attached hydrogens (tertiary/aromatic N) is 3. The highest BCUT2D eigenvalue weighted by Gasteiger charge is 2.08. The van der Waals surface area contributed by atoms with Crippen molar-refractivity contribution in [1.29, 1.82) is 0 Å². The zero-order valence-corrected chi connectivity index (χ0v) is 20.3. The van der Waals surface area contributed by atoms with Crippen LogP contribution in [0.4, 0.5) is 10.7 Å². The zero-order valence-electron chi connectivity index (χ0n) is 19.5.